The first kappa shape index (κ1) is 16.7. The van der Waals surface area contributed by atoms with Crippen molar-refractivity contribution in [2.45, 2.75) is 6.18 Å². The fourth-order valence-corrected chi connectivity index (χ4v) is 2.10. The van der Waals surface area contributed by atoms with E-state index in [2.05, 4.69) is 20.0 Å². The molecule has 7 nitrogen and oxygen atoms in total. The monoisotopic (exact) mass is 346 g/mol. The van der Waals surface area contributed by atoms with Crippen molar-refractivity contribution in [3.05, 3.63) is 35.0 Å². The Morgan fingerprint density at radius 2 is 2.09 bits per heavy atom. The van der Waals surface area contributed by atoms with Crippen LogP contribution in [-0.2, 0) is 0 Å². The van der Waals surface area contributed by atoms with Crippen LogP contribution in [0, 0.1) is 0 Å². The maximum Gasteiger partial charge on any atom is 0.422 e. The largest absolute Gasteiger partial charge is 0.467 e. The average Bonchev–Trinajstić information content (AvgIpc) is 2.93. The summed E-state index contributed by atoms with van der Waals surface area (Å²) in [5, 5.41) is 2.39. The van der Waals surface area contributed by atoms with Crippen LogP contribution in [0.25, 0.3) is 0 Å². The van der Waals surface area contributed by atoms with Gasteiger partial charge in [-0.3, -0.25) is 14.9 Å². The summed E-state index contributed by atoms with van der Waals surface area (Å²) in [5.41, 5.74) is 4.85. The minimum Gasteiger partial charge on any atom is -0.467 e. The number of halogens is 3. The molecule has 11 heteroatoms. The van der Waals surface area contributed by atoms with Crippen molar-refractivity contribution in [2.24, 2.45) is 5.73 Å². The van der Waals surface area contributed by atoms with E-state index < -0.39 is 30.5 Å². The lowest BCUT2D eigenvalue weighted by Crippen LogP contribution is -2.21. The second-order valence-electron chi connectivity index (χ2n) is 4.11. The normalized spacial score (nSPS) is 11.1. The predicted octanol–water partition coefficient (Wildman–Crippen LogP) is 1.83. The SMILES string of the molecule is NC(=O)c1cnc(NC(=O)c2cccnc2OCC(F)(F)F)s1. The molecular weight excluding hydrogens is 337 g/mol. The van der Waals surface area contributed by atoms with E-state index in [0.717, 1.165) is 11.3 Å². The molecule has 0 aromatic carbocycles. The Morgan fingerprint density at radius 3 is 2.70 bits per heavy atom. The zero-order valence-electron chi connectivity index (χ0n) is 11.3. The molecule has 0 unspecified atom stereocenters. The van der Waals surface area contributed by atoms with Gasteiger partial charge in [0, 0.05) is 6.20 Å². The van der Waals surface area contributed by atoms with E-state index in [4.69, 9.17) is 5.73 Å². The number of nitrogens with two attached hydrogens (primary N) is 1. The molecule has 2 heterocycles. The quantitative estimate of drug-likeness (QED) is 0.859. The van der Waals surface area contributed by atoms with Gasteiger partial charge in [-0.1, -0.05) is 11.3 Å². The van der Waals surface area contributed by atoms with E-state index in [0.29, 0.717) is 0 Å². The Labute approximate surface area is 131 Å². The third kappa shape index (κ3) is 4.64. The Balaban J connectivity index is 2.13. The van der Waals surface area contributed by atoms with E-state index >= 15 is 0 Å². The first-order valence-electron chi connectivity index (χ1n) is 5.98. The fourth-order valence-electron chi connectivity index (χ4n) is 1.44. The maximum atomic E-state index is 12.2. The Morgan fingerprint density at radius 1 is 1.35 bits per heavy atom. The lowest BCUT2D eigenvalue weighted by atomic mass is 10.2. The molecule has 0 bridgehead atoms. The minimum atomic E-state index is -4.56. The lowest BCUT2D eigenvalue weighted by molar-refractivity contribution is -0.154. The molecule has 0 aliphatic carbocycles. The third-order valence-corrected chi connectivity index (χ3v) is 3.28. The molecule has 2 aromatic heterocycles. The molecule has 0 atom stereocenters. The Hall–Kier alpha value is -2.69. The maximum absolute atomic E-state index is 12.2. The van der Waals surface area contributed by atoms with Gasteiger partial charge < -0.3 is 10.5 Å². The second-order valence-corrected chi connectivity index (χ2v) is 5.14. The first-order valence-corrected chi connectivity index (χ1v) is 6.79. The molecule has 0 saturated heterocycles. The molecule has 23 heavy (non-hydrogen) atoms. The summed E-state index contributed by atoms with van der Waals surface area (Å²) in [6.45, 7) is -1.58. The van der Waals surface area contributed by atoms with E-state index in [1.165, 1.54) is 24.5 Å². The van der Waals surface area contributed by atoms with E-state index in [-0.39, 0.29) is 15.6 Å². The number of alkyl halides is 3. The molecule has 0 spiro atoms. The van der Waals surface area contributed by atoms with Crippen LogP contribution in [0.15, 0.2) is 24.5 Å². The highest BCUT2D eigenvalue weighted by Gasteiger charge is 2.29. The fraction of sp³-hybridized carbons (Fsp3) is 0.167. The minimum absolute atomic E-state index is 0.0643. The van der Waals surface area contributed by atoms with E-state index in [9.17, 15) is 22.8 Å². The zero-order valence-corrected chi connectivity index (χ0v) is 12.1. The molecule has 0 radical (unpaired) electrons. The summed E-state index contributed by atoms with van der Waals surface area (Å²) >= 11 is 0.829. The van der Waals surface area contributed by atoms with Gasteiger partial charge in [-0.25, -0.2) is 9.97 Å². The number of hydrogen-bond donors (Lipinski definition) is 2. The smallest absolute Gasteiger partial charge is 0.422 e. The number of aromatic nitrogens is 2. The number of primary amides is 1. The summed E-state index contributed by atoms with van der Waals surface area (Å²) in [4.78, 5) is 30.5. The molecule has 2 amide bonds. The van der Waals surface area contributed by atoms with Crippen LogP contribution in [0.4, 0.5) is 18.3 Å². The van der Waals surface area contributed by atoms with Gasteiger partial charge >= 0.3 is 6.18 Å². The summed E-state index contributed by atoms with van der Waals surface area (Å²) in [5.74, 6) is -1.95. The number of nitrogens with one attached hydrogen (secondary N) is 1. The van der Waals surface area contributed by atoms with Crippen LogP contribution < -0.4 is 15.8 Å². The lowest BCUT2D eigenvalue weighted by Gasteiger charge is -2.11. The van der Waals surface area contributed by atoms with E-state index in [1.807, 2.05) is 0 Å². The predicted molar refractivity (Wildman–Crippen MR) is 74.4 cm³/mol. The van der Waals surface area contributed by atoms with Gasteiger partial charge in [0.25, 0.3) is 11.8 Å². The molecule has 0 aliphatic rings. The van der Waals surface area contributed by atoms with Crippen LogP contribution in [0.2, 0.25) is 0 Å². The number of hydrogen-bond acceptors (Lipinski definition) is 6. The van der Waals surface area contributed by atoms with E-state index in [1.54, 1.807) is 0 Å². The van der Waals surface area contributed by atoms with Crippen molar-refractivity contribution in [2.75, 3.05) is 11.9 Å². The average molecular weight is 346 g/mol. The van der Waals surface area contributed by atoms with Gasteiger partial charge in [-0.15, -0.1) is 0 Å². The molecule has 0 aliphatic heterocycles. The summed E-state index contributed by atoms with van der Waals surface area (Å²) in [7, 11) is 0. The summed E-state index contributed by atoms with van der Waals surface area (Å²) in [6.07, 6.45) is -2.19. The van der Waals surface area contributed by atoms with Crippen molar-refractivity contribution in [1.29, 1.82) is 0 Å². The Kier molecular flexibility index (Phi) is 4.79. The number of thiazole rings is 1. The first-order chi connectivity index (χ1) is 10.8. The van der Waals surface area contributed by atoms with Crippen LogP contribution >= 0.6 is 11.3 Å². The van der Waals surface area contributed by atoms with Crippen LogP contribution in [0.5, 0.6) is 5.88 Å². The van der Waals surface area contributed by atoms with Crippen molar-refractivity contribution in [1.82, 2.24) is 9.97 Å². The van der Waals surface area contributed by atoms with Crippen molar-refractivity contribution in [3.8, 4) is 5.88 Å². The highest BCUT2D eigenvalue weighted by atomic mass is 32.1. The molecule has 0 saturated carbocycles. The van der Waals surface area contributed by atoms with Gasteiger partial charge in [-0.2, -0.15) is 13.2 Å². The molecule has 2 rings (SSSR count). The van der Waals surface area contributed by atoms with Gasteiger partial charge in [0.1, 0.15) is 10.4 Å². The van der Waals surface area contributed by atoms with Gasteiger partial charge in [0.05, 0.1) is 6.20 Å². The highest BCUT2D eigenvalue weighted by Crippen LogP contribution is 2.22. The molecule has 3 N–H and O–H groups in total. The number of nitrogens with zero attached hydrogens (tertiary/aromatic N) is 2. The van der Waals surface area contributed by atoms with Crippen LogP contribution in [-0.4, -0.2) is 34.6 Å². The third-order valence-electron chi connectivity index (χ3n) is 2.36. The van der Waals surface area contributed by atoms with Crippen molar-refractivity contribution < 1.29 is 27.5 Å². The number of carbonyl (C=O) groups excluding carboxylic acids is 2. The Bertz CT molecular complexity index is 732. The van der Waals surface area contributed by atoms with Crippen LogP contribution in [0.3, 0.4) is 0 Å². The molecule has 2 aromatic rings. The zero-order chi connectivity index (χ0) is 17.0. The molecular formula is C12H9F3N4O3S. The second kappa shape index (κ2) is 6.60. The molecule has 0 fully saturated rings. The summed E-state index contributed by atoms with van der Waals surface area (Å²) < 4.78 is 41.1. The van der Waals surface area contributed by atoms with Crippen molar-refractivity contribution in [3.63, 3.8) is 0 Å². The topological polar surface area (TPSA) is 107 Å². The number of carbonyl (C=O) groups is 2. The molecule has 122 valence electrons. The number of pyridine rings is 1. The van der Waals surface area contributed by atoms with Gasteiger partial charge in [0.15, 0.2) is 11.7 Å². The number of anilines is 1. The number of amides is 2. The van der Waals surface area contributed by atoms with Gasteiger partial charge in [-0.05, 0) is 12.1 Å². The summed E-state index contributed by atoms with van der Waals surface area (Å²) in [6, 6.07) is 2.61. The van der Waals surface area contributed by atoms with Crippen LogP contribution in [0.1, 0.15) is 20.0 Å². The highest BCUT2D eigenvalue weighted by molar-refractivity contribution is 7.17. The standard InChI is InChI=1S/C12H9F3N4O3S/c13-12(14,15)5-22-10-6(2-1-3-17-10)9(21)19-11-18-4-7(23-11)8(16)20/h1-4H,5H2,(H2,16,20)(H,18,19,21). The van der Waals surface area contributed by atoms with Gasteiger partial charge in [0.2, 0.25) is 5.88 Å². The van der Waals surface area contributed by atoms with Crippen molar-refractivity contribution >= 4 is 28.3 Å². The number of ether oxygens (including phenoxy) is 1. The number of rotatable bonds is 5.